The van der Waals surface area contributed by atoms with Crippen molar-refractivity contribution in [2.75, 3.05) is 6.54 Å². The van der Waals surface area contributed by atoms with Crippen molar-refractivity contribution in [3.8, 4) is 5.75 Å². The zero-order valence-electron chi connectivity index (χ0n) is 19.9. The lowest BCUT2D eigenvalue weighted by atomic mass is 9.92. The van der Waals surface area contributed by atoms with Gasteiger partial charge in [-0.25, -0.2) is 0 Å². The number of hydrogen-bond donors (Lipinski definition) is 1. The Morgan fingerprint density at radius 2 is 1.78 bits per heavy atom. The van der Waals surface area contributed by atoms with Crippen LogP contribution in [0.3, 0.4) is 0 Å². The molecule has 0 radical (unpaired) electrons. The highest BCUT2D eigenvalue weighted by atomic mass is 35.5. The van der Waals surface area contributed by atoms with Crippen molar-refractivity contribution in [1.82, 2.24) is 9.80 Å². The lowest BCUT2D eigenvalue weighted by molar-refractivity contribution is -0.142. The summed E-state index contributed by atoms with van der Waals surface area (Å²) >= 11 is 0. The topological polar surface area (TPSA) is 104 Å². The highest BCUT2D eigenvalue weighted by molar-refractivity contribution is 6.07. The number of Topliss-reactive ketones (excluding diaryl/α,β-unsaturated/α-hetero) is 2. The molecule has 3 aliphatic rings. The smallest absolute Gasteiger partial charge is 0.320 e. The Hall–Kier alpha value is -3.23. The van der Waals surface area contributed by atoms with Crippen LogP contribution in [0.5, 0.6) is 5.75 Å². The van der Waals surface area contributed by atoms with Crippen molar-refractivity contribution < 1.29 is 29.0 Å². The van der Waals surface area contributed by atoms with Crippen molar-refractivity contribution in [3.63, 3.8) is 0 Å². The number of ether oxygens (including phenoxy) is 1. The fourth-order valence-electron chi connectivity index (χ4n) is 5.33. The third kappa shape index (κ3) is 5.15. The molecule has 190 valence electrons. The first-order valence-electron chi connectivity index (χ1n) is 12.1. The molecule has 2 heterocycles. The standard InChI is InChI=1S/C27H28N2O6.ClH/c30-19-10-11-22(24(31)13-19)29-15-21-20(26(29)32)3-1-5-25(21)35-16-18-8-6-17(7-9-18)14-28-12-2-4-23(28)27(33)34;/h1,3,5-9,22-23H,2,4,10-16H2,(H,33,34);1H/t22?,23-;/m1./s1. The minimum absolute atomic E-state index is 0. The molecule has 0 aromatic heterocycles. The van der Waals surface area contributed by atoms with E-state index in [9.17, 15) is 24.3 Å². The average molecular weight is 513 g/mol. The van der Waals surface area contributed by atoms with Gasteiger partial charge in [0, 0.05) is 24.1 Å². The minimum atomic E-state index is -0.763. The third-order valence-electron chi connectivity index (χ3n) is 7.22. The number of fused-ring (bicyclic) bond motifs is 1. The average Bonchev–Trinajstić information content (AvgIpc) is 3.44. The molecule has 1 aliphatic carbocycles. The van der Waals surface area contributed by atoms with Gasteiger partial charge in [0.15, 0.2) is 5.78 Å². The number of ketones is 2. The van der Waals surface area contributed by atoms with Crippen LogP contribution < -0.4 is 4.74 Å². The van der Waals surface area contributed by atoms with Crippen LogP contribution in [-0.4, -0.2) is 57.0 Å². The summed E-state index contributed by atoms with van der Waals surface area (Å²) in [6, 6.07) is 12.3. The molecular weight excluding hydrogens is 484 g/mol. The number of benzene rings is 2. The quantitative estimate of drug-likeness (QED) is 0.567. The number of rotatable bonds is 7. The molecule has 1 saturated heterocycles. The van der Waals surface area contributed by atoms with Gasteiger partial charge in [-0.2, -0.15) is 0 Å². The molecule has 2 aliphatic heterocycles. The van der Waals surface area contributed by atoms with E-state index in [-0.39, 0.29) is 36.3 Å². The number of carbonyl (C=O) groups is 4. The highest BCUT2D eigenvalue weighted by Crippen LogP contribution is 2.34. The van der Waals surface area contributed by atoms with Gasteiger partial charge in [0.1, 0.15) is 24.2 Å². The van der Waals surface area contributed by atoms with Gasteiger partial charge in [-0.3, -0.25) is 24.1 Å². The zero-order valence-corrected chi connectivity index (χ0v) is 20.7. The van der Waals surface area contributed by atoms with E-state index in [1.165, 1.54) is 0 Å². The monoisotopic (exact) mass is 512 g/mol. The summed E-state index contributed by atoms with van der Waals surface area (Å²) in [5.41, 5.74) is 3.33. The van der Waals surface area contributed by atoms with Gasteiger partial charge in [0.05, 0.1) is 19.0 Å². The van der Waals surface area contributed by atoms with Crippen LogP contribution in [0.4, 0.5) is 0 Å². The molecule has 2 fully saturated rings. The van der Waals surface area contributed by atoms with E-state index >= 15 is 0 Å². The Labute approximate surface area is 215 Å². The van der Waals surface area contributed by atoms with E-state index in [1.54, 1.807) is 17.0 Å². The Morgan fingerprint density at radius 1 is 1.03 bits per heavy atom. The van der Waals surface area contributed by atoms with Crippen molar-refractivity contribution in [3.05, 3.63) is 64.7 Å². The molecule has 8 nitrogen and oxygen atoms in total. The summed E-state index contributed by atoms with van der Waals surface area (Å²) in [4.78, 5) is 51.9. The van der Waals surface area contributed by atoms with Crippen LogP contribution >= 0.6 is 12.4 Å². The van der Waals surface area contributed by atoms with Crippen molar-refractivity contribution >= 4 is 35.9 Å². The van der Waals surface area contributed by atoms with Crippen molar-refractivity contribution in [1.29, 1.82) is 0 Å². The van der Waals surface area contributed by atoms with Gasteiger partial charge in [-0.15, -0.1) is 12.4 Å². The highest BCUT2D eigenvalue weighted by Gasteiger charge is 2.40. The van der Waals surface area contributed by atoms with Gasteiger partial charge in [0.2, 0.25) is 0 Å². The number of aliphatic carboxylic acids is 1. The summed E-state index contributed by atoms with van der Waals surface area (Å²) in [6.45, 7) is 2.02. The molecule has 1 N–H and O–H groups in total. The van der Waals surface area contributed by atoms with E-state index in [1.807, 2.05) is 35.2 Å². The van der Waals surface area contributed by atoms with Gasteiger partial charge in [0.25, 0.3) is 5.91 Å². The fraction of sp³-hybridized carbons (Fsp3) is 0.407. The maximum atomic E-state index is 13.0. The predicted octanol–water partition coefficient (Wildman–Crippen LogP) is 3.38. The first kappa shape index (κ1) is 25.9. The molecule has 0 bridgehead atoms. The lowest BCUT2D eigenvalue weighted by Gasteiger charge is -2.29. The van der Waals surface area contributed by atoms with E-state index in [0.717, 1.165) is 29.7 Å². The van der Waals surface area contributed by atoms with Gasteiger partial charge < -0.3 is 14.7 Å². The lowest BCUT2D eigenvalue weighted by Crippen LogP contribution is -2.44. The van der Waals surface area contributed by atoms with Crippen LogP contribution in [0, 0.1) is 0 Å². The van der Waals surface area contributed by atoms with Crippen LogP contribution in [0.2, 0.25) is 0 Å². The van der Waals surface area contributed by atoms with Crippen LogP contribution in [0.25, 0.3) is 0 Å². The number of nitrogens with zero attached hydrogens (tertiary/aromatic N) is 2. The number of halogens is 1. The van der Waals surface area contributed by atoms with E-state index in [2.05, 4.69) is 0 Å². The molecule has 9 heteroatoms. The molecule has 2 aromatic carbocycles. The second kappa shape index (κ2) is 10.8. The summed E-state index contributed by atoms with van der Waals surface area (Å²) in [5.74, 6) is -0.588. The largest absolute Gasteiger partial charge is 0.489 e. The molecule has 1 unspecified atom stereocenters. The number of likely N-dealkylation sites (tertiary alicyclic amines) is 1. The summed E-state index contributed by atoms with van der Waals surface area (Å²) in [7, 11) is 0. The van der Waals surface area contributed by atoms with Gasteiger partial charge in [-0.1, -0.05) is 30.3 Å². The summed E-state index contributed by atoms with van der Waals surface area (Å²) in [5, 5.41) is 9.37. The molecule has 5 rings (SSSR count). The first-order chi connectivity index (χ1) is 16.9. The molecule has 2 aromatic rings. The normalized spacial score (nSPS) is 21.9. The Balaban J connectivity index is 0.00000304. The number of carboxylic acid groups (broad SMARTS) is 1. The number of carbonyl (C=O) groups excluding carboxylic acids is 3. The summed E-state index contributed by atoms with van der Waals surface area (Å²) < 4.78 is 6.08. The van der Waals surface area contributed by atoms with Gasteiger partial charge in [-0.05, 0) is 49.1 Å². The van der Waals surface area contributed by atoms with Gasteiger partial charge >= 0.3 is 5.97 Å². The first-order valence-corrected chi connectivity index (χ1v) is 12.1. The van der Waals surface area contributed by atoms with E-state index < -0.39 is 18.1 Å². The predicted molar refractivity (Wildman–Crippen MR) is 133 cm³/mol. The van der Waals surface area contributed by atoms with Crippen LogP contribution in [0.1, 0.15) is 59.2 Å². The third-order valence-corrected chi connectivity index (χ3v) is 7.22. The Morgan fingerprint density at radius 3 is 2.50 bits per heavy atom. The number of carboxylic acids is 1. The second-order valence-corrected chi connectivity index (χ2v) is 9.52. The summed E-state index contributed by atoms with van der Waals surface area (Å²) in [6.07, 6.45) is 2.20. The molecule has 1 amide bonds. The number of amides is 1. The molecule has 0 spiro atoms. The molecular formula is C27H29ClN2O6. The Kier molecular flexibility index (Phi) is 7.76. The maximum absolute atomic E-state index is 13.0. The van der Waals surface area contributed by atoms with Crippen LogP contribution in [-0.2, 0) is 34.1 Å². The van der Waals surface area contributed by atoms with Crippen molar-refractivity contribution in [2.45, 2.75) is 63.9 Å². The molecule has 36 heavy (non-hydrogen) atoms. The van der Waals surface area contributed by atoms with E-state index in [0.29, 0.717) is 50.3 Å². The molecule has 2 atom stereocenters. The maximum Gasteiger partial charge on any atom is 0.320 e. The molecule has 1 saturated carbocycles. The second-order valence-electron chi connectivity index (χ2n) is 9.52. The fourth-order valence-corrected chi connectivity index (χ4v) is 5.33. The zero-order chi connectivity index (χ0) is 24.5. The van der Waals surface area contributed by atoms with E-state index in [4.69, 9.17) is 4.74 Å². The van der Waals surface area contributed by atoms with Crippen LogP contribution in [0.15, 0.2) is 42.5 Å². The SMILES string of the molecule is Cl.O=C1CCC(N2Cc3c(OCc4ccc(CN5CCC[C@@H]5C(=O)O)cc4)cccc3C2=O)C(=O)C1. The minimum Gasteiger partial charge on any atom is -0.489 e. The number of hydrogen-bond acceptors (Lipinski definition) is 6. The van der Waals surface area contributed by atoms with Crippen molar-refractivity contribution in [2.24, 2.45) is 0 Å². The Bertz CT molecular complexity index is 1180.